The van der Waals surface area contributed by atoms with Gasteiger partial charge in [-0.3, -0.25) is 0 Å². The Morgan fingerprint density at radius 3 is 2.29 bits per heavy atom. The summed E-state index contributed by atoms with van der Waals surface area (Å²) in [5.41, 5.74) is 2.36. The first-order valence-corrected chi connectivity index (χ1v) is 8.09. The van der Waals surface area contributed by atoms with Crippen LogP contribution in [0.25, 0.3) is 0 Å². The zero-order chi connectivity index (χ0) is 16.0. The number of anilines is 1. The smallest absolute Gasteiger partial charge is 0.0474 e. The van der Waals surface area contributed by atoms with Crippen molar-refractivity contribution in [3.8, 4) is 0 Å². The zero-order valence-corrected chi connectivity index (χ0v) is 15.0. The summed E-state index contributed by atoms with van der Waals surface area (Å²) in [7, 11) is 6.17. The van der Waals surface area contributed by atoms with Gasteiger partial charge in [0.15, 0.2) is 0 Å². The molecule has 0 saturated heterocycles. The molecule has 0 spiro atoms. The van der Waals surface area contributed by atoms with Gasteiger partial charge in [0.05, 0.1) is 0 Å². The molecule has 1 aromatic rings. The van der Waals surface area contributed by atoms with E-state index in [0.717, 1.165) is 30.2 Å². The topological polar surface area (TPSA) is 18.5 Å². The fourth-order valence-corrected chi connectivity index (χ4v) is 2.65. The van der Waals surface area contributed by atoms with Gasteiger partial charge in [-0.2, -0.15) is 0 Å². The molecule has 21 heavy (non-hydrogen) atoms. The molecule has 0 aliphatic rings. The van der Waals surface area contributed by atoms with Gasteiger partial charge in [-0.1, -0.05) is 31.5 Å². The fourth-order valence-electron chi connectivity index (χ4n) is 2.31. The summed E-state index contributed by atoms with van der Waals surface area (Å²) in [4.78, 5) is 4.64. The number of likely N-dealkylation sites (N-methyl/N-ethyl adjacent to an activating group) is 1. The highest BCUT2D eigenvalue weighted by Gasteiger charge is 2.13. The second-order valence-corrected chi connectivity index (χ2v) is 6.77. The number of hydrogen-bond acceptors (Lipinski definition) is 3. The molecule has 0 bridgehead atoms. The molecule has 120 valence electrons. The quantitative estimate of drug-likeness (QED) is 0.790. The summed E-state index contributed by atoms with van der Waals surface area (Å²) in [6.45, 7) is 9.73. The maximum atomic E-state index is 6.47. The standard InChI is InChI=1S/C17H30ClN3/c1-13(2)12-21(10-9-20(5)6)15-7-8-16(14(3)19-4)17(18)11-15/h7-8,11,13-14,19H,9-10,12H2,1-6H3. The van der Waals surface area contributed by atoms with E-state index in [1.807, 2.05) is 7.05 Å². The molecule has 1 aromatic carbocycles. The van der Waals surface area contributed by atoms with Crippen LogP contribution in [0.5, 0.6) is 0 Å². The van der Waals surface area contributed by atoms with Gasteiger partial charge in [-0.15, -0.1) is 0 Å². The normalized spacial score (nSPS) is 13.0. The molecule has 1 rings (SSSR count). The Labute approximate surface area is 135 Å². The van der Waals surface area contributed by atoms with Crippen molar-refractivity contribution in [1.82, 2.24) is 10.2 Å². The molecular weight excluding hydrogens is 282 g/mol. The van der Waals surface area contributed by atoms with Crippen LogP contribution in [0.2, 0.25) is 5.02 Å². The highest BCUT2D eigenvalue weighted by atomic mass is 35.5. The lowest BCUT2D eigenvalue weighted by Crippen LogP contribution is -2.34. The van der Waals surface area contributed by atoms with E-state index in [4.69, 9.17) is 11.6 Å². The molecule has 1 atom stereocenters. The molecule has 0 radical (unpaired) electrons. The number of rotatable bonds is 8. The molecule has 1 N–H and O–H groups in total. The van der Waals surface area contributed by atoms with Crippen molar-refractivity contribution in [2.75, 3.05) is 45.7 Å². The fraction of sp³-hybridized carbons (Fsp3) is 0.647. The minimum atomic E-state index is 0.270. The lowest BCUT2D eigenvalue weighted by Gasteiger charge is -2.29. The zero-order valence-electron chi connectivity index (χ0n) is 14.3. The van der Waals surface area contributed by atoms with Crippen LogP contribution in [0.3, 0.4) is 0 Å². The molecular formula is C17H30ClN3. The van der Waals surface area contributed by atoms with Gasteiger partial charge in [0.2, 0.25) is 0 Å². The average molecular weight is 312 g/mol. The van der Waals surface area contributed by atoms with E-state index in [0.29, 0.717) is 5.92 Å². The van der Waals surface area contributed by atoms with Crippen LogP contribution >= 0.6 is 11.6 Å². The van der Waals surface area contributed by atoms with Gasteiger partial charge in [0.25, 0.3) is 0 Å². The molecule has 0 fully saturated rings. The van der Waals surface area contributed by atoms with E-state index in [9.17, 15) is 0 Å². The van der Waals surface area contributed by atoms with Gasteiger partial charge in [-0.25, -0.2) is 0 Å². The van der Waals surface area contributed by atoms with Gasteiger partial charge in [0, 0.05) is 36.4 Å². The second kappa shape index (κ2) is 8.62. The summed E-state index contributed by atoms with van der Waals surface area (Å²) in [5.74, 6) is 0.627. The Kier molecular flexibility index (Phi) is 7.50. The summed E-state index contributed by atoms with van der Waals surface area (Å²) < 4.78 is 0. The molecule has 4 heteroatoms. The van der Waals surface area contributed by atoms with E-state index >= 15 is 0 Å². The number of nitrogens with zero attached hydrogens (tertiary/aromatic N) is 2. The maximum absolute atomic E-state index is 6.47. The number of benzene rings is 1. The van der Waals surface area contributed by atoms with E-state index < -0.39 is 0 Å². The molecule has 3 nitrogen and oxygen atoms in total. The Morgan fingerprint density at radius 1 is 1.14 bits per heavy atom. The van der Waals surface area contributed by atoms with Crippen molar-refractivity contribution >= 4 is 17.3 Å². The monoisotopic (exact) mass is 311 g/mol. The van der Waals surface area contributed by atoms with Gasteiger partial charge in [0.1, 0.15) is 0 Å². The SMILES string of the molecule is CNC(C)c1ccc(N(CCN(C)C)CC(C)C)cc1Cl. The van der Waals surface area contributed by atoms with Crippen LogP contribution in [0, 0.1) is 5.92 Å². The number of nitrogens with one attached hydrogen (secondary N) is 1. The van der Waals surface area contributed by atoms with Gasteiger partial charge in [-0.05, 0) is 51.7 Å². The van der Waals surface area contributed by atoms with Crippen LogP contribution in [0.1, 0.15) is 32.4 Å². The maximum Gasteiger partial charge on any atom is 0.0474 e. The highest BCUT2D eigenvalue weighted by Crippen LogP contribution is 2.28. The molecule has 0 aliphatic heterocycles. The van der Waals surface area contributed by atoms with Crippen LogP contribution in [0.15, 0.2) is 18.2 Å². The first-order valence-electron chi connectivity index (χ1n) is 7.71. The summed E-state index contributed by atoms with van der Waals surface area (Å²) in [6, 6.07) is 6.70. The predicted octanol–water partition coefficient (Wildman–Crippen LogP) is 3.64. The van der Waals surface area contributed by atoms with Crippen molar-refractivity contribution in [3.05, 3.63) is 28.8 Å². The molecule has 0 aliphatic carbocycles. The first-order chi connectivity index (χ1) is 9.85. The molecule has 0 amide bonds. The van der Waals surface area contributed by atoms with Crippen LogP contribution in [-0.2, 0) is 0 Å². The Morgan fingerprint density at radius 2 is 1.81 bits per heavy atom. The van der Waals surface area contributed by atoms with E-state index in [-0.39, 0.29) is 6.04 Å². The predicted molar refractivity (Wildman–Crippen MR) is 94.5 cm³/mol. The largest absolute Gasteiger partial charge is 0.370 e. The van der Waals surface area contributed by atoms with Crippen molar-refractivity contribution in [1.29, 1.82) is 0 Å². The Hall–Kier alpha value is -0.770. The molecule has 0 aromatic heterocycles. The third kappa shape index (κ3) is 5.85. The summed E-state index contributed by atoms with van der Waals surface area (Å²) in [5, 5.41) is 4.08. The van der Waals surface area contributed by atoms with Crippen molar-refractivity contribution < 1.29 is 0 Å². The molecule has 0 saturated carbocycles. The highest BCUT2D eigenvalue weighted by molar-refractivity contribution is 6.31. The lowest BCUT2D eigenvalue weighted by atomic mass is 10.1. The third-order valence-electron chi connectivity index (χ3n) is 3.65. The van der Waals surface area contributed by atoms with E-state index in [2.05, 4.69) is 68.2 Å². The van der Waals surface area contributed by atoms with Crippen LogP contribution < -0.4 is 10.2 Å². The van der Waals surface area contributed by atoms with E-state index in [1.165, 1.54) is 5.69 Å². The third-order valence-corrected chi connectivity index (χ3v) is 3.98. The average Bonchev–Trinajstić information content (AvgIpc) is 2.42. The second-order valence-electron chi connectivity index (χ2n) is 6.36. The van der Waals surface area contributed by atoms with Crippen LogP contribution in [-0.4, -0.2) is 45.7 Å². The summed E-state index contributed by atoms with van der Waals surface area (Å²) in [6.07, 6.45) is 0. The molecule has 0 heterocycles. The van der Waals surface area contributed by atoms with Gasteiger partial charge < -0.3 is 15.1 Å². The van der Waals surface area contributed by atoms with Crippen molar-refractivity contribution in [3.63, 3.8) is 0 Å². The Bertz CT molecular complexity index is 432. The van der Waals surface area contributed by atoms with Crippen molar-refractivity contribution in [2.24, 2.45) is 5.92 Å². The minimum Gasteiger partial charge on any atom is -0.370 e. The number of hydrogen-bond donors (Lipinski definition) is 1. The first kappa shape index (κ1) is 18.3. The van der Waals surface area contributed by atoms with E-state index in [1.54, 1.807) is 0 Å². The Balaban J connectivity index is 2.93. The lowest BCUT2D eigenvalue weighted by molar-refractivity contribution is 0.409. The number of halogens is 1. The van der Waals surface area contributed by atoms with Gasteiger partial charge >= 0.3 is 0 Å². The minimum absolute atomic E-state index is 0.270. The van der Waals surface area contributed by atoms with Crippen molar-refractivity contribution in [2.45, 2.75) is 26.8 Å². The molecule has 1 unspecified atom stereocenters. The summed E-state index contributed by atoms with van der Waals surface area (Å²) >= 11 is 6.47. The van der Waals surface area contributed by atoms with Crippen LogP contribution in [0.4, 0.5) is 5.69 Å².